The fourth-order valence-corrected chi connectivity index (χ4v) is 2.13. The third kappa shape index (κ3) is 2.94. The third-order valence-electron chi connectivity index (χ3n) is 2.47. The first-order valence-electron chi connectivity index (χ1n) is 5.40. The van der Waals surface area contributed by atoms with Crippen molar-refractivity contribution in [2.75, 3.05) is 0 Å². The number of nitrogens with zero attached hydrogens (tertiary/aromatic N) is 2. The van der Waals surface area contributed by atoms with Gasteiger partial charge in [0, 0.05) is 11.8 Å². The van der Waals surface area contributed by atoms with E-state index in [2.05, 4.69) is 4.98 Å². The maximum absolute atomic E-state index is 11.6. The molecule has 0 fully saturated rings. The quantitative estimate of drug-likeness (QED) is 0.835. The number of thiazole rings is 1. The van der Waals surface area contributed by atoms with Gasteiger partial charge in [-0.15, -0.1) is 11.3 Å². The average Bonchev–Trinajstić information content (AvgIpc) is 2.91. The molecule has 0 unspecified atom stereocenters. The van der Waals surface area contributed by atoms with Gasteiger partial charge < -0.3 is 4.84 Å². The summed E-state index contributed by atoms with van der Waals surface area (Å²) >= 11 is 1.53. The van der Waals surface area contributed by atoms with Gasteiger partial charge >= 0.3 is 5.97 Å². The van der Waals surface area contributed by atoms with Crippen LogP contribution in [-0.4, -0.2) is 15.7 Å². The number of rotatable bonds is 4. The van der Waals surface area contributed by atoms with Crippen LogP contribution in [0.25, 0.3) is 0 Å². The molecule has 0 radical (unpaired) electrons. The lowest BCUT2D eigenvalue weighted by Crippen LogP contribution is -2.22. The van der Waals surface area contributed by atoms with E-state index in [1.54, 1.807) is 10.2 Å². The van der Waals surface area contributed by atoms with Gasteiger partial charge in [0.1, 0.15) is 0 Å². The summed E-state index contributed by atoms with van der Waals surface area (Å²) < 4.78 is 1.56. The summed E-state index contributed by atoms with van der Waals surface area (Å²) in [5.74, 6) is -0.236. The van der Waals surface area contributed by atoms with E-state index in [-0.39, 0.29) is 5.97 Å². The minimum atomic E-state index is -0.236. The molecule has 2 aromatic heterocycles. The Morgan fingerprint density at radius 2 is 2.12 bits per heavy atom. The van der Waals surface area contributed by atoms with Crippen molar-refractivity contribution in [3.05, 3.63) is 40.1 Å². The highest BCUT2D eigenvalue weighted by atomic mass is 32.1. The van der Waals surface area contributed by atoms with E-state index in [9.17, 15) is 4.79 Å². The maximum atomic E-state index is 11.6. The van der Waals surface area contributed by atoms with Crippen molar-refractivity contribution >= 4 is 17.3 Å². The highest BCUT2D eigenvalue weighted by Gasteiger charge is 2.09. The lowest BCUT2D eigenvalue weighted by Gasteiger charge is -2.08. The molecule has 0 saturated carbocycles. The van der Waals surface area contributed by atoms with Crippen molar-refractivity contribution in [1.29, 1.82) is 0 Å². The Bertz CT molecular complexity index is 483. The molecule has 2 heterocycles. The van der Waals surface area contributed by atoms with Crippen LogP contribution >= 0.6 is 11.3 Å². The molecule has 0 spiro atoms. The van der Waals surface area contributed by atoms with Crippen LogP contribution < -0.4 is 4.84 Å². The summed E-state index contributed by atoms with van der Waals surface area (Å²) in [5.41, 5.74) is 4.54. The summed E-state index contributed by atoms with van der Waals surface area (Å²) in [6.07, 6.45) is 0.975. The Balaban J connectivity index is 1.89. The molecule has 0 bridgehead atoms. The van der Waals surface area contributed by atoms with Gasteiger partial charge in [-0.3, -0.25) is 0 Å². The fourth-order valence-electron chi connectivity index (χ4n) is 1.54. The van der Waals surface area contributed by atoms with Gasteiger partial charge in [0.25, 0.3) is 0 Å². The zero-order chi connectivity index (χ0) is 12.3. The smallest absolute Gasteiger partial charge is 0.333 e. The molecule has 4 nitrogen and oxygen atoms in total. The van der Waals surface area contributed by atoms with Gasteiger partial charge in [-0.1, -0.05) is 0 Å². The van der Waals surface area contributed by atoms with Gasteiger partial charge in [0.2, 0.25) is 0 Å². The summed E-state index contributed by atoms with van der Waals surface area (Å²) in [7, 11) is 0. The average molecular weight is 250 g/mol. The van der Waals surface area contributed by atoms with Crippen LogP contribution in [0, 0.1) is 13.8 Å². The van der Waals surface area contributed by atoms with E-state index < -0.39 is 0 Å². The minimum Gasteiger partial charge on any atom is -0.337 e. The van der Waals surface area contributed by atoms with Crippen LogP contribution in [0.2, 0.25) is 0 Å². The van der Waals surface area contributed by atoms with Gasteiger partial charge in [-0.25, -0.2) is 9.78 Å². The molecule has 5 heteroatoms. The van der Waals surface area contributed by atoms with Gasteiger partial charge in [-0.2, -0.15) is 4.73 Å². The SMILES string of the molecule is Cc1ccc(C)n1OC(=O)CCc1cscn1. The molecular formula is C12H14N2O2S. The van der Waals surface area contributed by atoms with Crippen molar-refractivity contribution in [3.8, 4) is 0 Å². The summed E-state index contributed by atoms with van der Waals surface area (Å²) in [6, 6.07) is 3.84. The normalized spacial score (nSPS) is 10.5. The highest BCUT2D eigenvalue weighted by molar-refractivity contribution is 7.07. The van der Waals surface area contributed by atoms with E-state index in [4.69, 9.17) is 4.84 Å². The van der Waals surface area contributed by atoms with Crippen molar-refractivity contribution in [1.82, 2.24) is 9.71 Å². The molecule has 90 valence electrons. The fraction of sp³-hybridized carbons (Fsp3) is 0.333. The molecule has 0 saturated heterocycles. The Morgan fingerprint density at radius 1 is 1.41 bits per heavy atom. The number of aryl methyl sites for hydroxylation is 3. The Hall–Kier alpha value is -1.62. The number of hydrogen-bond acceptors (Lipinski definition) is 4. The molecule has 2 aromatic rings. The first-order valence-corrected chi connectivity index (χ1v) is 6.34. The predicted molar refractivity (Wildman–Crippen MR) is 65.9 cm³/mol. The molecular weight excluding hydrogens is 236 g/mol. The Kier molecular flexibility index (Phi) is 3.58. The first kappa shape index (κ1) is 11.9. The summed E-state index contributed by atoms with van der Waals surface area (Å²) in [6.45, 7) is 3.81. The maximum Gasteiger partial charge on any atom is 0.333 e. The highest BCUT2D eigenvalue weighted by Crippen LogP contribution is 2.07. The van der Waals surface area contributed by atoms with Crippen LogP contribution in [-0.2, 0) is 11.2 Å². The lowest BCUT2D eigenvalue weighted by molar-refractivity contribution is -0.144. The largest absolute Gasteiger partial charge is 0.337 e. The predicted octanol–water partition coefficient (Wildman–Crippen LogP) is 2.15. The second kappa shape index (κ2) is 5.14. The molecule has 2 rings (SSSR count). The second-order valence-corrected chi connectivity index (χ2v) is 4.57. The standard InChI is InChI=1S/C12H14N2O2S/c1-9-3-4-10(2)14(9)16-12(15)6-5-11-7-17-8-13-11/h3-4,7-8H,5-6H2,1-2H3. The van der Waals surface area contributed by atoms with E-state index in [1.807, 2.05) is 31.4 Å². The number of carbonyl (C=O) groups excluding carboxylic acids is 1. The topological polar surface area (TPSA) is 44.1 Å². The zero-order valence-corrected chi connectivity index (χ0v) is 10.7. The number of hydrogen-bond donors (Lipinski definition) is 0. The van der Waals surface area contributed by atoms with E-state index in [0.29, 0.717) is 12.8 Å². The lowest BCUT2D eigenvalue weighted by atomic mass is 10.2. The second-order valence-electron chi connectivity index (χ2n) is 3.85. The van der Waals surface area contributed by atoms with Crippen molar-refractivity contribution in [3.63, 3.8) is 0 Å². The van der Waals surface area contributed by atoms with Crippen LogP contribution in [0.1, 0.15) is 23.5 Å². The van der Waals surface area contributed by atoms with Crippen LogP contribution in [0.5, 0.6) is 0 Å². The van der Waals surface area contributed by atoms with Crippen molar-refractivity contribution in [2.45, 2.75) is 26.7 Å². The van der Waals surface area contributed by atoms with E-state index in [1.165, 1.54) is 11.3 Å². The Labute approximate surface area is 104 Å². The monoisotopic (exact) mass is 250 g/mol. The van der Waals surface area contributed by atoms with Crippen molar-refractivity contribution < 1.29 is 9.63 Å². The molecule has 0 aromatic carbocycles. The first-order chi connectivity index (χ1) is 8.16. The third-order valence-corrected chi connectivity index (χ3v) is 3.10. The minimum absolute atomic E-state index is 0.236. The van der Waals surface area contributed by atoms with Gasteiger partial charge in [0.05, 0.1) is 29.0 Å². The van der Waals surface area contributed by atoms with Crippen LogP contribution in [0.15, 0.2) is 23.0 Å². The number of carbonyl (C=O) groups is 1. The van der Waals surface area contributed by atoms with Gasteiger partial charge in [-0.05, 0) is 26.0 Å². The molecule has 0 aliphatic heterocycles. The van der Waals surface area contributed by atoms with E-state index in [0.717, 1.165) is 17.1 Å². The zero-order valence-electron chi connectivity index (χ0n) is 9.84. The summed E-state index contributed by atoms with van der Waals surface area (Å²) in [4.78, 5) is 21.0. The molecule has 0 amide bonds. The molecule has 0 aliphatic carbocycles. The number of aromatic nitrogens is 2. The van der Waals surface area contributed by atoms with E-state index >= 15 is 0 Å². The van der Waals surface area contributed by atoms with Crippen LogP contribution in [0.3, 0.4) is 0 Å². The van der Waals surface area contributed by atoms with Crippen molar-refractivity contribution in [2.24, 2.45) is 0 Å². The molecule has 0 N–H and O–H groups in total. The molecule has 0 aliphatic rings. The molecule has 17 heavy (non-hydrogen) atoms. The van der Waals surface area contributed by atoms with Crippen LogP contribution in [0.4, 0.5) is 0 Å². The molecule has 0 atom stereocenters. The van der Waals surface area contributed by atoms with Gasteiger partial charge in [0.15, 0.2) is 0 Å². The summed E-state index contributed by atoms with van der Waals surface area (Å²) in [5, 5.41) is 1.94. The Morgan fingerprint density at radius 3 is 2.71 bits per heavy atom.